The van der Waals surface area contributed by atoms with Crippen LogP contribution >= 0.6 is 0 Å². The van der Waals surface area contributed by atoms with Crippen LogP contribution in [0.4, 0.5) is 0 Å². The van der Waals surface area contributed by atoms with Gasteiger partial charge in [0.05, 0.1) is 24.7 Å². The van der Waals surface area contributed by atoms with Crippen LogP contribution in [0.15, 0.2) is 35.3 Å². The average Bonchev–Trinajstić information content (AvgIpc) is 3.03. The van der Waals surface area contributed by atoms with Crippen molar-refractivity contribution in [3.63, 3.8) is 0 Å². The maximum Gasteiger partial charge on any atom is 0.330 e. The van der Waals surface area contributed by atoms with Gasteiger partial charge in [0.2, 0.25) is 0 Å². The second-order valence-electron chi connectivity index (χ2n) is 5.64. The largest absolute Gasteiger partial charge is 0.467 e. The van der Waals surface area contributed by atoms with Crippen LogP contribution in [0.1, 0.15) is 24.2 Å². The zero-order valence-corrected chi connectivity index (χ0v) is 14.0. The van der Waals surface area contributed by atoms with Gasteiger partial charge in [-0.15, -0.1) is 0 Å². The number of carbonyl (C=O) groups is 1. The fourth-order valence-electron chi connectivity index (χ4n) is 2.70. The number of benzene rings is 1. The van der Waals surface area contributed by atoms with Crippen LogP contribution in [0.25, 0.3) is 16.6 Å². The number of hydrogen-bond acceptors (Lipinski definition) is 5. The molecule has 3 rings (SSSR count). The monoisotopic (exact) mass is 326 g/mol. The smallest absolute Gasteiger partial charge is 0.330 e. The van der Waals surface area contributed by atoms with Gasteiger partial charge in [-0.05, 0) is 32.4 Å². The fraction of sp³-hybridized carbons (Fsp3) is 0.294. The topological polar surface area (TPSA) is 79.0 Å². The normalized spacial score (nSPS) is 12.3. The van der Waals surface area contributed by atoms with E-state index in [9.17, 15) is 9.59 Å². The summed E-state index contributed by atoms with van der Waals surface area (Å²) >= 11 is 0. The van der Waals surface area contributed by atoms with E-state index in [0.29, 0.717) is 16.6 Å². The Bertz CT molecular complexity index is 987. The van der Waals surface area contributed by atoms with Crippen molar-refractivity contribution < 1.29 is 9.53 Å². The summed E-state index contributed by atoms with van der Waals surface area (Å²) in [5.74, 6) is -0.523. The molecule has 1 unspecified atom stereocenters. The molecule has 124 valence electrons. The Labute approximate surface area is 138 Å². The molecule has 7 nitrogen and oxygen atoms in total. The molecule has 1 aromatic carbocycles. The zero-order chi connectivity index (χ0) is 17.4. The Morgan fingerprint density at radius 3 is 2.62 bits per heavy atom. The predicted molar refractivity (Wildman–Crippen MR) is 89.3 cm³/mol. The lowest BCUT2D eigenvalue weighted by atomic mass is 10.2. The number of rotatable bonds is 3. The van der Waals surface area contributed by atoms with E-state index in [1.165, 1.54) is 7.11 Å². The first-order chi connectivity index (χ1) is 11.5. The van der Waals surface area contributed by atoms with E-state index in [2.05, 4.69) is 10.2 Å². The van der Waals surface area contributed by atoms with Gasteiger partial charge in [-0.2, -0.15) is 10.2 Å². The number of para-hydroxylation sites is 1. The van der Waals surface area contributed by atoms with Gasteiger partial charge in [0.25, 0.3) is 5.56 Å². The van der Waals surface area contributed by atoms with E-state index in [1.54, 1.807) is 24.7 Å². The number of nitrogens with zero attached hydrogens (tertiary/aromatic N) is 4. The Hall–Kier alpha value is -2.96. The van der Waals surface area contributed by atoms with Crippen LogP contribution in [-0.2, 0) is 9.53 Å². The molecule has 0 bridgehead atoms. The Balaban J connectivity index is 2.32. The Morgan fingerprint density at radius 2 is 1.96 bits per heavy atom. The molecule has 1 atom stereocenters. The first kappa shape index (κ1) is 15.9. The summed E-state index contributed by atoms with van der Waals surface area (Å²) in [4.78, 5) is 24.8. The average molecular weight is 326 g/mol. The molecule has 2 aromatic heterocycles. The Morgan fingerprint density at radius 1 is 1.25 bits per heavy atom. The van der Waals surface area contributed by atoms with Crippen LogP contribution in [0.5, 0.6) is 0 Å². The summed E-state index contributed by atoms with van der Waals surface area (Å²) < 4.78 is 7.48. The quantitative estimate of drug-likeness (QED) is 0.687. The molecule has 0 aliphatic rings. The maximum atomic E-state index is 12.9. The van der Waals surface area contributed by atoms with Gasteiger partial charge < -0.3 is 4.74 Å². The first-order valence-electron chi connectivity index (χ1n) is 7.56. The summed E-state index contributed by atoms with van der Waals surface area (Å²) in [6, 6.07) is 6.84. The molecular formula is C17H18N4O3. The van der Waals surface area contributed by atoms with Crippen LogP contribution in [0, 0.1) is 13.8 Å². The van der Waals surface area contributed by atoms with Gasteiger partial charge in [0.1, 0.15) is 5.52 Å². The van der Waals surface area contributed by atoms with E-state index in [1.807, 2.05) is 31.2 Å². The van der Waals surface area contributed by atoms with E-state index in [-0.39, 0.29) is 5.56 Å². The molecule has 0 fully saturated rings. The molecule has 0 radical (unpaired) electrons. The second kappa shape index (κ2) is 5.92. The van der Waals surface area contributed by atoms with Gasteiger partial charge in [0, 0.05) is 5.39 Å². The number of esters is 1. The SMILES string of the molecule is COC(=O)C(C)n1nc(C)c2cnn(-c3ccccc3C)c2c1=O. The molecule has 0 saturated carbocycles. The standard InChI is InChI=1S/C17H18N4O3/c1-10-7-5-6-8-14(10)21-15-13(9-18-21)11(2)19-20(16(15)22)12(3)17(23)24-4/h5-9,12H,1-4H3. The predicted octanol–water partition coefficient (Wildman–Crippen LogP) is 1.93. The molecule has 2 heterocycles. The molecule has 24 heavy (non-hydrogen) atoms. The number of fused-ring (bicyclic) bond motifs is 1. The highest BCUT2D eigenvalue weighted by Gasteiger charge is 2.22. The minimum atomic E-state index is -0.814. The summed E-state index contributed by atoms with van der Waals surface area (Å²) in [7, 11) is 1.28. The van der Waals surface area contributed by atoms with Crippen LogP contribution < -0.4 is 5.56 Å². The highest BCUT2D eigenvalue weighted by Crippen LogP contribution is 2.20. The van der Waals surface area contributed by atoms with Gasteiger partial charge in [0.15, 0.2) is 6.04 Å². The van der Waals surface area contributed by atoms with Crippen molar-refractivity contribution in [1.82, 2.24) is 19.6 Å². The van der Waals surface area contributed by atoms with Crippen molar-refractivity contribution in [3.8, 4) is 5.69 Å². The molecule has 0 aliphatic carbocycles. The molecule has 7 heteroatoms. The third kappa shape index (κ3) is 2.38. The molecular weight excluding hydrogens is 308 g/mol. The van der Waals surface area contributed by atoms with Crippen molar-refractivity contribution in [2.45, 2.75) is 26.8 Å². The Kier molecular flexibility index (Phi) is 3.92. The lowest BCUT2D eigenvalue weighted by molar-refractivity contribution is -0.144. The van der Waals surface area contributed by atoms with Crippen LogP contribution in [0.2, 0.25) is 0 Å². The van der Waals surface area contributed by atoms with Crippen LogP contribution in [0.3, 0.4) is 0 Å². The number of aromatic nitrogens is 4. The maximum absolute atomic E-state index is 12.9. The highest BCUT2D eigenvalue weighted by molar-refractivity contribution is 5.82. The van der Waals surface area contributed by atoms with Crippen LogP contribution in [-0.4, -0.2) is 32.6 Å². The van der Waals surface area contributed by atoms with Crippen molar-refractivity contribution in [3.05, 3.63) is 52.1 Å². The fourth-order valence-corrected chi connectivity index (χ4v) is 2.70. The number of hydrogen-bond donors (Lipinski definition) is 0. The van der Waals surface area contributed by atoms with Gasteiger partial charge >= 0.3 is 5.97 Å². The van der Waals surface area contributed by atoms with Gasteiger partial charge in [-0.3, -0.25) is 4.79 Å². The minimum Gasteiger partial charge on any atom is -0.467 e. The summed E-state index contributed by atoms with van der Waals surface area (Å²) in [6.45, 7) is 5.32. The molecule has 0 spiro atoms. The molecule has 3 aromatic rings. The third-order valence-electron chi connectivity index (χ3n) is 4.08. The van der Waals surface area contributed by atoms with Crippen molar-refractivity contribution in [2.24, 2.45) is 0 Å². The number of aryl methyl sites for hydroxylation is 2. The minimum absolute atomic E-state index is 0.380. The van der Waals surface area contributed by atoms with E-state index in [4.69, 9.17) is 4.74 Å². The lowest BCUT2D eigenvalue weighted by Crippen LogP contribution is -2.32. The number of ether oxygens (including phenoxy) is 1. The zero-order valence-electron chi connectivity index (χ0n) is 14.0. The van der Waals surface area contributed by atoms with E-state index < -0.39 is 12.0 Å². The molecule has 0 N–H and O–H groups in total. The van der Waals surface area contributed by atoms with E-state index in [0.717, 1.165) is 15.9 Å². The molecule has 0 amide bonds. The third-order valence-corrected chi connectivity index (χ3v) is 4.08. The number of carbonyl (C=O) groups excluding carboxylic acids is 1. The molecule has 0 aliphatic heterocycles. The lowest BCUT2D eigenvalue weighted by Gasteiger charge is -2.13. The molecule has 0 saturated heterocycles. The second-order valence-corrected chi connectivity index (χ2v) is 5.64. The van der Waals surface area contributed by atoms with E-state index >= 15 is 0 Å². The van der Waals surface area contributed by atoms with Crippen molar-refractivity contribution in [1.29, 1.82) is 0 Å². The summed E-state index contributed by atoms with van der Waals surface area (Å²) in [5, 5.41) is 9.27. The van der Waals surface area contributed by atoms with Gasteiger partial charge in [-0.25, -0.2) is 14.2 Å². The highest BCUT2D eigenvalue weighted by atomic mass is 16.5. The number of methoxy groups -OCH3 is 1. The first-order valence-corrected chi connectivity index (χ1v) is 7.56. The summed E-state index contributed by atoms with van der Waals surface area (Å²) in [5.41, 5.74) is 2.44. The van der Waals surface area contributed by atoms with Crippen molar-refractivity contribution >= 4 is 16.9 Å². The summed E-state index contributed by atoms with van der Waals surface area (Å²) in [6.07, 6.45) is 1.62. The van der Waals surface area contributed by atoms with Crippen molar-refractivity contribution in [2.75, 3.05) is 7.11 Å². The van der Waals surface area contributed by atoms with Gasteiger partial charge in [-0.1, -0.05) is 18.2 Å².